The van der Waals surface area contributed by atoms with Crippen molar-refractivity contribution in [2.24, 2.45) is 0 Å². The molecule has 1 aliphatic heterocycles. The molecule has 0 aromatic rings. The second-order valence-electron chi connectivity index (χ2n) is 6.86. The lowest BCUT2D eigenvalue weighted by atomic mass is 10.2. The third-order valence-corrected chi connectivity index (χ3v) is 10.5. The minimum atomic E-state index is -2.04. The summed E-state index contributed by atoms with van der Waals surface area (Å²) in [5.41, 5.74) is 0. The summed E-state index contributed by atoms with van der Waals surface area (Å²) in [6, 6.07) is 2.99. The van der Waals surface area contributed by atoms with Crippen molar-refractivity contribution >= 4 is 20.2 Å². The average molecular weight is 327 g/mol. The van der Waals surface area contributed by atoms with E-state index in [1.165, 1.54) is 0 Å². The molecule has 0 aromatic heterocycles. The normalized spacial score (nSPS) is 19.7. The number of imide groups is 1. The van der Waals surface area contributed by atoms with Gasteiger partial charge < -0.3 is 4.90 Å². The molecule has 0 N–H and O–H groups in total. The highest BCUT2D eigenvalue weighted by molar-refractivity contribution is 6.81. The maximum Gasteiger partial charge on any atom is 0.319 e. The zero-order valence-electron chi connectivity index (χ0n) is 15.3. The molecule has 0 bridgehead atoms. The second-order valence-corrected chi connectivity index (χ2v) is 11.3. The molecule has 1 saturated heterocycles. The Kier molecular flexibility index (Phi) is 7.10. The maximum atomic E-state index is 13.1. The Bertz CT molecular complexity index is 381. The van der Waals surface area contributed by atoms with E-state index in [2.05, 4.69) is 20.8 Å². The minimum Gasteiger partial charge on any atom is -0.311 e. The van der Waals surface area contributed by atoms with Crippen molar-refractivity contribution in [3.63, 3.8) is 0 Å². The van der Waals surface area contributed by atoms with Crippen LogP contribution in [0, 0.1) is 0 Å². The number of amides is 3. The zero-order chi connectivity index (χ0) is 16.9. The van der Waals surface area contributed by atoms with E-state index in [1.807, 2.05) is 25.7 Å². The van der Waals surface area contributed by atoms with Gasteiger partial charge in [-0.15, -0.1) is 0 Å². The molecule has 5 heteroatoms. The molecule has 3 amide bonds. The van der Waals surface area contributed by atoms with E-state index >= 15 is 0 Å². The number of rotatable bonds is 9. The predicted molar refractivity (Wildman–Crippen MR) is 94.3 cm³/mol. The van der Waals surface area contributed by atoms with Gasteiger partial charge in [0, 0.05) is 6.04 Å². The number of carbonyl (C=O) groups excluding carboxylic acids is 2. The standard InChI is InChI=1S/C17H34N2O2Si/c1-7-11-22(12-8-2,13-9-3)19-16(20)15(10-4)18(14(5)6)17(19)21/h14-15H,7-13H2,1-6H3. The summed E-state index contributed by atoms with van der Waals surface area (Å²) in [5, 5.41) is 0. The van der Waals surface area contributed by atoms with Crippen LogP contribution in [-0.4, -0.2) is 41.7 Å². The molecule has 22 heavy (non-hydrogen) atoms. The van der Waals surface area contributed by atoms with Crippen molar-refractivity contribution < 1.29 is 9.59 Å². The van der Waals surface area contributed by atoms with Crippen LogP contribution < -0.4 is 0 Å². The highest BCUT2D eigenvalue weighted by Gasteiger charge is 2.54. The fraction of sp³-hybridized carbons (Fsp3) is 0.882. The van der Waals surface area contributed by atoms with Crippen LogP contribution in [-0.2, 0) is 4.79 Å². The number of hydrogen-bond acceptors (Lipinski definition) is 2. The lowest BCUT2D eigenvalue weighted by Crippen LogP contribution is -2.57. The van der Waals surface area contributed by atoms with E-state index in [1.54, 1.807) is 4.57 Å². The van der Waals surface area contributed by atoms with Gasteiger partial charge in [0.15, 0.2) is 8.24 Å². The number of nitrogens with zero attached hydrogens (tertiary/aromatic N) is 2. The first-order chi connectivity index (χ1) is 10.4. The molecule has 1 unspecified atom stereocenters. The SMILES string of the molecule is CCC[Si](CCC)(CCC)N1C(=O)C(CC)N(C(C)C)C1=O. The van der Waals surface area contributed by atoms with Gasteiger partial charge in [-0.05, 0) is 38.4 Å². The van der Waals surface area contributed by atoms with E-state index in [9.17, 15) is 9.59 Å². The predicted octanol–water partition coefficient (Wildman–Crippen LogP) is 4.61. The molecule has 0 spiro atoms. The first kappa shape index (κ1) is 19.2. The first-order valence-electron chi connectivity index (χ1n) is 9.06. The first-order valence-corrected chi connectivity index (χ1v) is 11.6. The van der Waals surface area contributed by atoms with Crippen LogP contribution in [0.3, 0.4) is 0 Å². The Labute approximate surface area is 137 Å². The fourth-order valence-electron chi connectivity index (χ4n) is 4.11. The van der Waals surface area contributed by atoms with E-state index in [-0.39, 0.29) is 24.0 Å². The summed E-state index contributed by atoms with van der Waals surface area (Å²) in [7, 11) is -2.04. The molecular weight excluding hydrogens is 292 g/mol. The van der Waals surface area contributed by atoms with Crippen molar-refractivity contribution in [2.75, 3.05) is 0 Å². The number of carbonyl (C=O) groups is 2. The van der Waals surface area contributed by atoms with Crippen LogP contribution >= 0.6 is 0 Å². The van der Waals surface area contributed by atoms with Gasteiger partial charge in [0.05, 0.1) is 0 Å². The number of urea groups is 1. The third kappa shape index (κ3) is 3.39. The molecule has 0 aliphatic carbocycles. The van der Waals surface area contributed by atoms with Crippen LogP contribution in [0.5, 0.6) is 0 Å². The summed E-state index contributed by atoms with van der Waals surface area (Å²) in [6.07, 6.45) is 3.89. The molecular formula is C17H34N2O2Si. The third-order valence-electron chi connectivity index (χ3n) is 4.82. The molecule has 1 fully saturated rings. The summed E-state index contributed by atoms with van der Waals surface area (Å²) >= 11 is 0. The van der Waals surface area contributed by atoms with E-state index in [0.29, 0.717) is 6.42 Å². The molecule has 1 aliphatic rings. The smallest absolute Gasteiger partial charge is 0.311 e. The second kappa shape index (κ2) is 8.13. The summed E-state index contributed by atoms with van der Waals surface area (Å²) in [4.78, 5) is 27.9. The van der Waals surface area contributed by atoms with Gasteiger partial charge in [0.1, 0.15) is 6.04 Å². The average Bonchev–Trinajstić information content (AvgIpc) is 2.70. The Hall–Kier alpha value is -0.843. The summed E-state index contributed by atoms with van der Waals surface area (Å²) in [6.45, 7) is 12.6. The lowest BCUT2D eigenvalue weighted by Gasteiger charge is -2.38. The van der Waals surface area contributed by atoms with Crippen LogP contribution in [0.25, 0.3) is 0 Å². The van der Waals surface area contributed by atoms with Crippen molar-refractivity contribution in [1.82, 2.24) is 9.47 Å². The molecule has 0 radical (unpaired) electrons. The van der Waals surface area contributed by atoms with Gasteiger partial charge in [0.2, 0.25) is 5.91 Å². The summed E-state index contributed by atoms with van der Waals surface area (Å²) in [5.74, 6) is 0.0863. The van der Waals surface area contributed by atoms with E-state index in [0.717, 1.165) is 37.4 Å². The Balaban J connectivity index is 3.28. The Morgan fingerprint density at radius 1 is 0.955 bits per heavy atom. The molecule has 1 rings (SSSR count). The molecule has 128 valence electrons. The van der Waals surface area contributed by atoms with Gasteiger partial charge in [0.25, 0.3) is 0 Å². The molecule has 0 saturated carbocycles. The molecule has 4 nitrogen and oxygen atoms in total. The number of hydrogen-bond donors (Lipinski definition) is 0. The van der Waals surface area contributed by atoms with Crippen LogP contribution in [0.15, 0.2) is 0 Å². The zero-order valence-corrected chi connectivity index (χ0v) is 16.3. The summed E-state index contributed by atoms with van der Waals surface area (Å²) < 4.78 is 1.79. The maximum absolute atomic E-state index is 13.1. The van der Waals surface area contributed by atoms with Gasteiger partial charge in [-0.1, -0.05) is 47.0 Å². The topological polar surface area (TPSA) is 40.6 Å². The molecule has 0 aromatic carbocycles. The van der Waals surface area contributed by atoms with Crippen LogP contribution in [0.2, 0.25) is 18.1 Å². The highest BCUT2D eigenvalue weighted by Crippen LogP contribution is 2.36. The van der Waals surface area contributed by atoms with Gasteiger partial charge >= 0.3 is 6.03 Å². The van der Waals surface area contributed by atoms with Gasteiger partial charge in [-0.2, -0.15) is 0 Å². The highest BCUT2D eigenvalue weighted by atomic mass is 28.3. The Morgan fingerprint density at radius 2 is 1.41 bits per heavy atom. The Morgan fingerprint density at radius 3 is 1.68 bits per heavy atom. The van der Waals surface area contributed by atoms with Crippen molar-refractivity contribution in [3.8, 4) is 0 Å². The van der Waals surface area contributed by atoms with Gasteiger partial charge in [-0.25, -0.2) is 4.79 Å². The minimum absolute atomic E-state index is 0.00568. The van der Waals surface area contributed by atoms with Crippen molar-refractivity contribution in [3.05, 3.63) is 0 Å². The van der Waals surface area contributed by atoms with Gasteiger partial charge in [-0.3, -0.25) is 9.36 Å². The quantitative estimate of drug-likeness (QED) is 0.458. The van der Waals surface area contributed by atoms with Crippen LogP contribution in [0.4, 0.5) is 4.79 Å². The fourth-order valence-corrected chi connectivity index (χ4v) is 9.46. The van der Waals surface area contributed by atoms with E-state index in [4.69, 9.17) is 0 Å². The van der Waals surface area contributed by atoms with Crippen molar-refractivity contribution in [1.29, 1.82) is 0 Å². The van der Waals surface area contributed by atoms with Crippen molar-refractivity contribution in [2.45, 2.75) is 97.4 Å². The van der Waals surface area contributed by atoms with E-state index < -0.39 is 8.24 Å². The van der Waals surface area contributed by atoms with Crippen LogP contribution in [0.1, 0.15) is 67.2 Å². The largest absolute Gasteiger partial charge is 0.319 e. The lowest BCUT2D eigenvalue weighted by molar-refractivity contribution is -0.126. The molecule has 1 atom stereocenters. The monoisotopic (exact) mass is 326 g/mol. The molecule has 1 heterocycles.